The number of halogens is 2. The minimum absolute atomic E-state index is 0.240. The maximum atomic E-state index is 13.3. The molecule has 0 spiro atoms. The SMILES string of the molecule is Cc1c(F)cccc1C(F)CCN. The van der Waals surface area contributed by atoms with E-state index < -0.39 is 6.17 Å². The van der Waals surface area contributed by atoms with Crippen LogP contribution in [0.15, 0.2) is 18.2 Å². The molecule has 1 nitrogen and oxygen atoms in total. The molecule has 0 heterocycles. The lowest BCUT2D eigenvalue weighted by Gasteiger charge is -2.10. The summed E-state index contributed by atoms with van der Waals surface area (Å²) in [6.07, 6.45) is -0.912. The molecule has 0 radical (unpaired) electrons. The summed E-state index contributed by atoms with van der Waals surface area (Å²) in [7, 11) is 0. The minimum Gasteiger partial charge on any atom is -0.330 e. The van der Waals surface area contributed by atoms with Gasteiger partial charge in [-0.25, -0.2) is 8.78 Å². The van der Waals surface area contributed by atoms with E-state index in [4.69, 9.17) is 5.73 Å². The van der Waals surface area contributed by atoms with Crippen LogP contribution in [0.3, 0.4) is 0 Å². The molecule has 2 N–H and O–H groups in total. The summed E-state index contributed by atoms with van der Waals surface area (Å²) in [6.45, 7) is 1.85. The topological polar surface area (TPSA) is 26.0 Å². The maximum Gasteiger partial charge on any atom is 0.127 e. The van der Waals surface area contributed by atoms with E-state index in [9.17, 15) is 8.78 Å². The van der Waals surface area contributed by atoms with Gasteiger partial charge in [-0.3, -0.25) is 0 Å². The van der Waals surface area contributed by atoms with Crippen LogP contribution in [0.1, 0.15) is 23.7 Å². The van der Waals surface area contributed by atoms with Crippen molar-refractivity contribution in [2.75, 3.05) is 6.54 Å². The van der Waals surface area contributed by atoms with E-state index in [0.717, 1.165) is 0 Å². The monoisotopic (exact) mass is 185 g/mol. The number of alkyl halides is 1. The Labute approximate surface area is 76.6 Å². The molecule has 1 rings (SSSR count). The third-order valence-corrected chi connectivity index (χ3v) is 2.07. The number of benzene rings is 1. The van der Waals surface area contributed by atoms with Gasteiger partial charge < -0.3 is 5.73 Å². The second-order valence-corrected chi connectivity index (χ2v) is 3.00. The smallest absolute Gasteiger partial charge is 0.127 e. The summed E-state index contributed by atoms with van der Waals surface area (Å²) >= 11 is 0. The van der Waals surface area contributed by atoms with E-state index in [2.05, 4.69) is 0 Å². The predicted octanol–water partition coefficient (Wildman–Crippen LogP) is 2.49. The molecule has 0 aliphatic rings. The highest BCUT2D eigenvalue weighted by Gasteiger charge is 2.13. The Bertz CT molecular complexity index is 286. The highest BCUT2D eigenvalue weighted by molar-refractivity contribution is 5.29. The Balaban J connectivity index is 2.93. The quantitative estimate of drug-likeness (QED) is 0.769. The largest absolute Gasteiger partial charge is 0.330 e. The number of hydrogen-bond donors (Lipinski definition) is 1. The van der Waals surface area contributed by atoms with Gasteiger partial charge in [-0.05, 0) is 37.1 Å². The zero-order valence-electron chi connectivity index (χ0n) is 7.56. The Hall–Kier alpha value is -0.960. The van der Waals surface area contributed by atoms with E-state index in [1.807, 2.05) is 0 Å². The minimum atomic E-state index is -1.15. The van der Waals surface area contributed by atoms with E-state index >= 15 is 0 Å². The second-order valence-electron chi connectivity index (χ2n) is 3.00. The molecule has 0 saturated heterocycles. The molecule has 72 valence electrons. The first-order valence-electron chi connectivity index (χ1n) is 4.26. The summed E-state index contributed by atoms with van der Waals surface area (Å²) in [5.41, 5.74) is 6.01. The average Bonchev–Trinajstić information content (AvgIpc) is 2.10. The molecule has 13 heavy (non-hydrogen) atoms. The van der Waals surface area contributed by atoms with Crippen molar-refractivity contribution in [1.82, 2.24) is 0 Å². The second kappa shape index (κ2) is 4.33. The van der Waals surface area contributed by atoms with Crippen LogP contribution in [-0.2, 0) is 0 Å². The van der Waals surface area contributed by atoms with Crippen molar-refractivity contribution in [2.45, 2.75) is 19.5 Å². The Morgan fingerprint density at radius 3 is 2.77 bits per heavy atom. The van der Waals surface area contributed by atoms with Gasteiger partial charge in [-0.1, -0.05) is 12.1 Å². The van der Waals surface area contributed by atoms with E-state index in [-0.39, 0.29) is 18.8 Å². The van der Waals surface area contributed by atoms with Crippen molar-refractivity contribution >= 4 is 0 Å². The molecule has 1 atom stereocenters. The summed E-state index contributed by atoms with van der Waals surface area (Å²) < 4.78 is 26.3. The fourth-order valence-corrected chi connectivity index (χ4v) is 1.27. The standard InChI is InChI=1S/C10H13F2N/c1-7-8(10(12)5-6-13)3-2-4-9(7)11/h2-4,10H,5-6,13H2,1H3. The lowest BCUT2D eigenvalue weighted by molar-refractivity contribution is 0.325. The molecule has 0 aromatic heterocycles. The lowest BCUT2D eigenvalue weighted by atomic mass is 10.0. The van der Waals surface area contributed by atoms with Gasteiger partial charge >= 0.3 is 0 Å². The molecular formula is C10H13F2N. The summed E-state index contributed by atoms with van der Waals surface area (Å²) in [4.78, 5) is 0. The highest BCUT2D eigenvalue weighted by Crippen LogP contribution is 2.25. The van der Waals surface area contributed by atoms with Gasteiger partial charge in [0.1, 0.15) is 12.0 Å². The molecule has 1 unspecified atom stereocenters. The van der Waals surface area contributed by atoms with Gasteiger partial charge in [0, 0.05) is 0 Å². The van der Waals surface area contributed by atoms with Gasteiger partial charge in [-0.2, -0.15) is 0 Å². The maximum absolute atomic E-state index is 13.3. The molecular weight excluding hydrogens is 172 g/mol. The molecule has 1 aromatic rings. The first kappa shape index (κ1) is 10.1. The van der Waals surface area contributed by atoms with E-state index in [1.165, 1.54) is 12.1 Å². The van der Waals surface area contributed by atoms with Gasteiger partial charge in [-0.15, -0.1) is 0 Å². The Morgan fingerprint density at radius 2 is 2.15 bits per heavy atom. The molecule has 0 bridgehead atoms. The highest BCUT2D eigenvalue weighted by atomic mass is 19.1. The third-order valence-electron chi connectivity index (χ3n) is 2.07. The van der Waals surface area contributed by atoms with E-state index in [0.29, 0.717) is 11.1 Å². The molecule has 0 aliphatic carbocycles. The Kier molecular flexibility index (Phi) is 3.37. The number of hydrogen-bond acceptors (Lipinski definition) is 1. The number of rotatable bonds is 3. The van der Waals surface area contributed by atoms with Gasteiger partial charge in [0.25, 0.3) is 0 Å². The first-order chi connectivity index (χ1) is 6.16. The predicted molar refractivity (Wildman–Crippen MR) is 48.7 cm³/mol. The van der Waals surface area contributed by atoms with Crippen molar-refractivity contribution in [2.24, 2.45) is 5.73 Å². The number of nitrogens with two attached hydrogens (primary N) is 1. The van der Waals surface area contributed by atoms with Crippen LogP contribution in [0, 0.1) is 12.7 Å². The van der Waals surface area contributed by atoms with Crippen molar-refractivity contribution in [3.05, 3.63) is 35.1 Å². The normalized spacial score (nSPS) is 12.9. The molecule has 0 aliphatic heterocycles. The fourth-order valence-electron chi connectivity index (χ4n) is 1.27. The molecule has 3 heteroatoms. The average molecular weight is 185 g/mol. The molecule has 1 aromatic carbocycles. The fraction of sp³-hybridized carbons (Fsp3) is 0.400. The van der Waals surface area contributed by atoms with Gasteiger partial charge in [0.05, 0.1) is 0 Å². The van der Waals surface area contributed by atoms with Crippen LogP contribution in [0.5, 0.6) is 0 Å². The van der Waals surface area contributed by atoms with Crippen molar-refractivity contribution < 1.29 is 8.78 Å². The van der Waals surface area contributed by atoms with Crippen LogP contribution >= 0.6 is 0 Å². The molecule has 0 amide bonds. The van der Waals surface area contributed by atoms with Gasteiger partial charge in [0.2, 0.25) is 0 Å². The zero-order valence-corrected chi connectivity index (χ0v) is 7.56. The van der Waals surface area contributed by atoms with Crippen LogP contribution in [0.25, 0.3) is 0 Å². The van der Waals surface area contributed by atoms with Crippen molar-refractivity contribution in [3.63, 3.8) is 0 Å². The summed E-state index contributed by atoms with van der Waals surface area (Å²) in [5.74, 6) is -0.364. The van der Waals surface area contributed by atoms with Gasteiger partial charge in [0.15, 0.2) is 0 Å². The summed E-state index contributed by atoms with van der Waals surface area (Å²) in [5, 5.41) is 0. The van der Waals surface area contributed by atoms with Crippen LogP contribution in [0.4, 0.5) is 8.78 Å². The van der Waals surface area contributed by atoms with Crippen LogP contribution in [0.2, 0.25) is 0 Å². The third kappa shape index (κ3) is 2.25. The van der Waals surface area contributed by atoms with Crippen molar-refractivity contribution in [1.29, 1.82) is 0 Å². The van der Waals surface area contributed by atoms with E-state index in [1.54, 1.807) is 13.0 Å². The molecule has 0 fully saturated rings. The summed E-state index contributed by atoms with van der Waals surface area (Å²) in [6, 6.07) is 4.44. The first-order valence-corrected chi connectivity index (χ1v) is 4.26. The zero-order chi connectivity index (χ0) is 9.84. The Morgan fingerprint density at radius 1 is 1.46 bits per heavy atom. The van der Waals surface area contributed by atoms with Crippen molar-refractivity contribution in [3.8, 4) is 0 Å². The molecule has 0 saturated carbocycles. The van der Waals surface area contributed by atoms with Crippen LogP contribution < -0.4 is 5.73 Å². The lowest BCUT2D eigenvalue weighted by Crippen LogP contribution is -2.05. The van der Waals surface area contributed by atoms with Crippen LogP contribution in [-0.4, -0.2) is 6.54 Å².